The van der Waals surface area contributed by atoms with E-state index in [1.165, 1.54) is 10.5 Å². The third kappa shape index (κ3) is 1.98. The van der Waals surface area contributed by atoms with E-state index < -0.39 is 0 Å². The Morgan fingerprint density at radius 1 is 1.46 bits per heavy atom. The van der Waals surface area contributed by atoms with Crippen molar-refractivity contribution >= 4 is 17.4 Å². The van der Waals surface area contributed by atoms with E-state index in [4.69, 9.17) is 5.73 Å². The first kappa shape index (κ1) is 8.91. The van der Waals surface area contributed by atoms with Crippen molar-refractivity contribution in [2.45, 2.75) is 17.1 Å². The maximum absolute atomic E-state index is 5.91. The van der Waals surface area contributed by atoms with Crippen LogP contribution in [0.25, 0.3) is 0 Å². The maximum atomic E-state index is 5.91. The standard InChI is InChI=1S/C10H14N2S/c1-7-2-3-10(9(11)4-7)13-8-5-12-6-8/h2-4,8,12H,5-6,11H2,1H3. The molecule has 1 saturated heterocycles. The van der Waals surface area contributed by atoms with Crippen LogP contribution in [-0.4, -0.2) is 18.3 Å². The molecule has 1 aromatic carbocycles. The summed E-state index contributed by atoms with van der Waals surface area (Å²) in [4.78, 5) is 1.22. The van der Waals surface area contributed by atoms with Crippen LogP contribution in [0.5, 0.6) is 0 Å². The number of nitrogen functional groups attached to an aromatic ring is 1. The van der Waals surface area contributed by atoms with Crippen molar-refractivity contribution in [3.8, 4) is 0 Å². The van der Waals surface area contributed by atoms with Crippen LogP contribution in [0.4, 0.5) is 5.69 Å². The van der Waals surface area contributed by atoms with Crippen LogP contribution in [0.2, 0.25) is 0 Å². The van der Waals surface area contributed by atoms with Gasteiger partial charge in [0.15, 0.2) is 0 Å². The van der Waals surface area contributed by atoms with Crippen LogP contribution in [0.15, 0.2) is 23.1 Å². The van der Waals surface area contributed by atoms with Crippen molar-refractivity contribution in [1.29, 1.82) is 0 Å². The average molecular weight is 194 g/mol. The van der Waals surface area contributed by atoms with Gasteiger partial charge in [0.2, 0.25) is 0 Å². The lowest BCUT2D eigenvalue weighted by atomic mass is 10.2. The highest BCUT2D eigenvalue weighted by Crippen LogP contribution is 2.30. The van der Waals surface area contributed by atoms with Crippen molar-refractivity contribution in [2.24, 2.45) is 0 Å². The zero-order valence-electron chi connectivity index (χ0n) is 7.71. The van der Waals surface area contributed by atoms with Gasteiger partial charge in [-0.3, -0.25) is 0 Å². The number of nitrogens with one attached hydrogen (secondary N) is 1. The van der Waals surface area contributed by atoms with Gasteiger partial charge in [0, 0.05) is 28.9 Å². The summed E-state index contributed by atoms with van der Waals surface area (Å²) in [5.41, 5.74) is 8.05. The highest BCUT2D eigenvalue weighted by atomic mass is 32.2. The Hall–Kier alpha value is -0.670. The third-order valence-electron chi connectivity index (χ3n) is 2.20. The third-order valence-corrected chi connectivity index (χ3v) is 3.50. The molecular weight excluding hydrogens is 180 g/mol. The fourth-order valence-electron chi connectivity index (χ4n) is 1.30. The second-order valence-electron chi connectivity index (χ2n) is 3.44. The Labute approximate surface area is 82.9 Å². The first-order valence-corrected chi connectivity index (χ1v) is 5.37. The normalized spacial score (nSPS) is 17.0. The van der Waals surface area contributed by atoms with Crippen molar-refractivity contribution < 1.29 is 0 Å². The zero-order chi connectivity index (χ0) is 9.26. The predicted octanol–water partition coefficient (Wildman–Crippen LogP) is 1.64. The Morgan fingerprint density at radius 2 is 2.23 bits per heavy atom. The first-order chi connectivity index (χ1) is 6.25. The summed E-state index contributed by atoms with van der Waals surface area (Å²) in [6, 6.07) is 6.27. The number of hydrogen-bond donors (Lipinski definition) is 2. The SMILES string of the molecule is Cc1ccc(SC2CNC2)c(N)c1. The summed E-state index contributed by atoms with van der Waals surface area (Å²) in [6.07, 6.45) is 0. The quantitative estimate of drug-likeness (QED) is 0.703. The molecule has 3 N–H and O–H groups in total. The number of rotatable bonds is 2. The molecule has 0 aliphatic carbocycles. The summed E-state index contributed by atoms with van der Waals surface area (Å²) in [7, 11) is 0. The van der Waals surface area contributed by atoms with Crippen LogP contribution in [0.3, 0.4) is 0 Å². The highest BCUT2D eigenvalue weighted by Gasteiger charge is 2.18. The minimum atomic E-state index is 0.713. The molecule has 0 aromatic heterocycles. The molecule has 2 nitrogen and oxygen atoms in total. The minimum Gasteiger partial charge on any atom is -0.398 e. The molecule has 0 atom stereocenters. The molecule has 1 aliphatic rings. The largest absolute Gasteiger partial charge is 0.398 e. The lowest BCUT2D eigenvalue weighted by molar-refractivity contribution is 0.544. The Morgan fingerprint density at radius 3 is 2.77 bits per heavy atom. The van der Waals surface area contributed by atoms with E-state index in [1.54, 1.807) is 0 Å². The van der Waals surface area contributed by atoms with Crippen LogP contribution in [0.1, 0.15) is 5.56 Å². The van der Waals surface area contributed by atoms with E-state index in [-0.39, 0.29) is 0 Å². The van der Waals surface area contributed by atoms with Crippen LogP contribution < -0.4 is 11.1 Å². The number of nitrogens with two attached hydrogens (primary N) is 1. The van der Waals surface area contributed by atoms with E-state index in [0.717, 1.165) is 18.8 Å². The minimum absolute atomic E-state index is 0.713. The number of aryl methyl sites for hydroxylation is 1. The fourth-order valence-corrected chi connectivity index (χ4v) is 2.40. The van der Waals surface area contributed by atoms with Crippen molar-refractivity contribution in [2.75, 3.05) is 18.8 Å². The zero-order valence-corrected chi connectivity index (χ0v) is 8.53. The molecule has 1 heterocycles. The lowest BCUT2D eigenvalue weighted by Crippen LogP contribution is -2.44. The van der Waals surface area contributed by atoms with E-state index in [0.29, 0.717) is 5.25 Å². The van der Waals surface area contributed by atoms with Crippen molar-refractivity contribution in [3.05, 3.63) is 23.8 Å². The molecule has 0 spiro atoms. The number of hydrogen-bond acceptors (Lipinski definition) is 3. The summed E-state index contributed by atoms with van der Waals surface area (Å²) in [6.45, 7) is 4.28. The van der Waals surface area contributed by atoms with Crippen molar-refractivity contribution in [3.63, 3.8) is 0 Å². The van der Waals surface area contributed by atoms with E-state index >= 15 is 0 Å². The molecule has 1 aromatic rings. The molecule has 2 rings (SSSR count). The number of anilines is 1. The molecule has 0 amide bonds. The molecular formula is C10H14N2S. The first-order valence-electron chi connectivity index (χ1n) is 4.49. The molecule has 1 aliphatic heterocycles. The van der Waals surface area contributed by atoms with Gasteiger partial charge in [-0.1, -0.05) is 6.07 Å². The van der Waals surface area contributed by atoms with Crippen LogP contribution in [-0.2, 0) is 0 Å². The van der Waals surface area contributed by atoms with E-state index in [9.17, 15) is 0 Å². The van der Waals surface area contributed by atoms with E-state index in [1.807, 2.05) is 17.8 Å². The molecule has 0 saturated carbocycles. The van der Waals surface area contributed by atoms with Crippen LogP contribution in [0, 0.1) is 6.92 Å². The van der Waals surface area contributed by atoms with Gasteiger partial charge in [-0.25, -0.2) is 0 Å². The monoisotopic (exact) mass is 194 g/mol. The molecule has 1 fully saturated rings. The summed E-state index contributed by atoms with van der Waals surface area (Å²) >= 11 is 1.88. The predicted molar refractivity (Wildman–Crippen MR) is 58.1 cm³/mol. The molecule has 0 unspecified atom stereocenters. The summed E-state index contributed by atoms with van der Waals surface area (Å²) in [5.74, 6) is 0. The number of benzene rings is 1. The topological polar surface area (TPSA) is 38.0 Å². The van der Waals surface area contributed by atoms with Crippen LogP contribution >= 0.6 is 11.8 Å². The molecule has 0 radical (unpaired) electrons. The number of thioether (sulfide) groups is 1. The highest BCUT2D eigenvalue weighted by molar-refractivity contribution is 8.00. The lowest BCUT2D eigenvalue weighted by Gasteiger charge is -2.26. The molecule has 0 bridgehead atoms. The van der Waals surface area contributed by atoms with Gasteiger partial charge in [-0.15, -0.1) is 11.8 Å². The summed E-state index contributed by atoms with van der Waals surface area (Å²) in [5, 5.41) is 3.96. The van der Waals surface area contributed by atoms with Gasteiger partial charge >= 0.3 is 0 Å². The van der Waals surface area contributed by atoms with Crippen molar-refractivity contribution in [1.82, 2.24) is 5.32 Å². The van der Waals surface area contributed by atoms with Gasteiger partial charge in [0.05, 0.1) is 0 Å². The van der Waals surface area contributed by atoms with Gasteiger partial charge in [-0.2, -0.15) is 0 Å². The second-order valence-corrected chi connectivity index (χ2v) is 4.78. The second kappa shape index (κ2) is 3.60. The van der Waals surface area contributed by atoms with E-state index in [2.05, 4.69) is 24.4 Å². The van der Waals surface area contributed by atoms with Gasteiger partial charge in [0.1, 0.15) is 0 Å². The fraction of sp³-hybridized carbons (Fsp3) is 0.400. The Bertz CT molecular complexity index is 308. The maximum Gasteiger partial charge on any atom is 0.0454 e. The average Bonchev–Trinajstić information content (AvgIpc) is 1.99. The molecule has 3 heteroatoms. The van der Waals surface area contributed by atoms with Gasteiger partial charge in [-0.05, 0) is 24.6 Å². The van der Waals surface area contributed by atoms with Gasteiger partial charge < -0.3 is 11.1 Å². The molecule has 13 heavy (non-hydrogen) atoms. The summed E-state index contributed by atoms with van der Waals surface area (Å²) < 4.78 is 0. The smallest absolute Gasteiger partial charge is 0.0454 e. The molecule has 70 valence electrons. The van der Waals surface area contributed by atoms with Gasteiger partial charge in [0.25, 0.3) is 0 Å². The Balaban J connectivity index is 2.10. The Kier molecular flexibility index (Phi) is 2.47.